The second kappa shape index (κ2) is 10.8. The number of rotatable bonds is 7. The summed E-state index contributed by atoms with van der Waals surface area (Å²) in [6.07, 6.45) is 3.11. The number of hydrogen-bond donors (Lipinski definition) is 0. The lowest BCUT2D eigenvalue weighted by Gasteiger charge is -2.10. The summed E-state index contributed by atoms with van der Waals surface area (Å²) < 4.78 is 8.83. The predicted molar refractivity (Wildman–Crippen MR) is 140 cm³/mol. The molecule has 4 rings (SSSR count). The maximum absolute atomic E-state index is 13.1. The Morgan fingerprint density at radius 3 is 2.74 bits per heavy atom. The topological polar surface area (TPSA) is 80.3 Å². The molecule has 6 nitrogen and oxygen atoms in total. The Balaban J connectivity index is 1.60. The highest BCUT2D eigenvalue weighted by Gasteiger charge is 2.11. The number of ether oxygens (including phenoxy) is 1. The van der Waals surface area contributed by atoms with Gasteiger partial charge in [0.2, 0.25) is 0 Å². The van der Waals surface area contributed by atoms with Gasteiger partial charge in [-0.15, -0.1) is 0 Å². The number of nitrogens with zero attached hydrogens (tertiary/aromatic N) is 4. The van der Waals surface area contributed by atoms with Crippen LogP contribution in [0.2, 0.25) is 0 Å². The Labute approximate surface area is 213 Å². The standard InChI is InChI=1S/C26H20Br2N4O2/c1-2-5-25-31-23-10-9-20(27)13-21(23)26(33)32(25)30-15-17-8-11-24(22(28)12-17)34-16-19-7-4-3-6-18(19)14-29/h3-4,6-13,15H,2,5,16H2,1H3. The van der Waals surface area contributed by atoms with Crippen molar-refractivity contribution < 1.29 is 4.74 Å². The van der Waals surface area contributed by atoms with E-state index in [9.17, 15) is 10.1 Å². The first-order chi connectivity index (χ1) is 16.5. The zero-order chi connectivity index (χ0) is 24.1. The monoisotopic (exact) mass is 578 g/mol. The van der Waals surface area contributed by atoms with Gasteiger partial charge in [0.15, 0.2) is 0 Å². The minimum absolute atomic E-state index is 0.207. The molecule has 0 fully saturated rings. The van der Waals surface area contributed by atoms with Crippen LogP contribution in [0.3, 0.4) is 0 Å². The van der Waals surface area contributed by atoms with Crippen LogP contribution in [0, 0.1) is 11.3 Å². The van der Waals surface area contributed by atoms with E-state index in [1.807, 2.05) is 55.5 Å². The van der Waals surface area contributed by atoms with E-state index >= 15 is 0 Å². The van der Waals surface area contributed by atoms with Gasteiger partial charge in [-0.2, -0.15) is 15.0 Å². The summed E-state index contributed by atoms with van der Waals surface area (Å²) in [6, 6.07) is 20.5. The van der Waals surface area contributed by atoms with Crippen LogP contribution in [-0.4, -0.2) is 15.9 Å². The number of aryl methyl sites for hydroxylation is 1. The number of fused-ring (bicyclic) bond motifs is 1. The van der Waals surface area contributed by atoms with Crippen molar-refractivity contribution >= 4 is 49.0 Å². The smallest absolute Gasteiger partial charge is 0.282 e. The number of benzene rings is 3. The molecule has 0 aliphatic heterocycles. The van der Waals surface area contributed by atoms with Crippen molar-refractivity contribution in [2.24, 2.45) is 5.10 Å². The van der Waals surface area contributed by atoms with E-state index in [2.05, 4.69) is 48.0 Å². The Kier molecular flexibility index (Phi) is 7.56. The summed E-state index contributed by atoms with van der Waals surface area (Å²) in [5, 5.41) is 14.2. The van der Waals surface area contributed by atoms with Crippen molar-refractivity contribution in [3.8, 4) is 11.8 Å². The SMILES string of the molecule is CCCc1nc2ccc(Br)cc2c(=O)n1N=Cc1ccc(OCc2ccccc2C#N)c(Br)c1. The summed E-state index contributed by atoms with van der Waals surface area (Å²) in [5.41, 5.74) is 2.65. The molecule has 1 heterocycles. The van der Waals surface area contributed by atoms with E-state index < -0.39 is 0 Å². The van der Waals surface area contributed by atoms with Crippen LogP contribution in [0.25, 0.3) is 10.9 Å². The minimum Gasteiger partial charge on any atom is -0.488 e. The first kappa shape index (κ1) is 23.9. The maximum atomic E-state index is 13.1. The average molecular weight is 580 g/mol. The number of hydrogen-bond acceptors (Lipinski definition) is 5. The van der Waals surface area contributed by atoms with Crippen molar-refractivity contribution in [1.82, 2.24) is 9.66 Å². The predicted octanol–water partition coefficient (Wildman–Crippen LogP) is 6.21. The molecule has 4 aromatic rings. The molecule has 0 saturated carbocycles. The van der Waals surface area contributed by atoms with Gasteiger partial charge in [0.1, 0.15) is 18.2 Å². The normalized spacial score (nSPS) is 11.1. The second-order valence-electron chi connectivity index (χ2n) is 7.55. The molecule has 0 bridgehead atoms. The molecule has 170 valence electrons. The van der Waals surface area contributed by atoms with Gasteiger partial charge in [0.05, 0.1) is 33.2 Å². The molecule has 1 aromatic heterocycles. The molecule has 0 aliphatic rings. The summed E-state index contributed by atoms with van der Waals surface area (Å²) >= 11 is 6.96. The average Bonchev–Trinajstić information content (AvgIpc) is 2.84. The fourth-order valence-corrected chi connectivity index (χ4v) is 4.32. The molecule has 0 spiro atoms. The highest BCUT2D eigenvalue weighted by molar-refractivity contribution is 9.10. The van der Waals surface area contributed by atoms with E-state index in [-0.39, 0.29) is 12.2 Å². The molecule has 0 unspecified atom stereocenters. The zero-order valence-electron chi connectivity index (χ0n) is 18.3. The molecule has 0 atom stereocenters. The highest BCUT2D eigenvalue weighted by atomic mass is 79.9. The Bertz CT molecular complexity index is 1490. The van der Waals surface area contributed by atoms with Gasteiger partial charge >= 0.3 is 0 Å². The van der Waals surface area contributed by atoms with Crippen molar-refractivity contribution in [3.05, 3.63) is 102 Å². The molecule has 8 heteroatoms. The van der Waals surface area contributed by atoms with E-state index in [0.29, 0.717) is 34.5 Å². The van der Waals surface area contributed by atoms with Gasteiger partial charge in [-0.25, -0.2) is 4.98 Å². The third-order valence-electron chi connectivity index (χ3n) is 5.15. The first-order valence-corrected chi connectivity index (χ1v) is 12.2. The Morgan fingerprint density at radius 2 is 1.97 bits per heavy atom. The fourth-order valence-electron chi connectivity index (χ4n) is 3.45. The van der Waals surface area contributed by atoms with Crippen molar-refractivity contribution in [3.63, 3.8) is 0 Å². The molecule has 34 heavy (non-hydrogen) atoms. The quantitative estimate of drug-likeness (QED) is 0.244. The molecule has 0 radical (unpaired) electrons. The Morgan fingerprint density at radius 1 is 1.15 bits per heavy atom. The summed E-state index contributed by atoms with van der Waals surface area (Å²) in [7, 11) is 0. The van der Waals surface area contributed by atoms with Gasteiger partial charge in [0.25, 0.3) is 5.56 Å². The van der Waals surface area contributed by atoms with E-state index in [1.54, 1.807) is 18.3 Å². The largest absolute Gasteiger partial charge is 0.488 e. The Hall–Kier alpha value is -3.28. The molecular weight excluding hydrogens is 560 g/mol. The maximum Gasteiger partial charge on any atom is 0.282 e. The molecular formula is C26H20Br2N4O2. The van der Waals surface area contributed by atoms with Crippen molar-refractivity contribution in [1.29, 1.82) is 5.26 Å². The minimum atomic E-state index is -0.207. The van der Waals surface area contributed by atoms with Crippen LogP contribution in [0.15, 0.2) is 79.5 Å². The fraction of sp³-hybridized carbons (Fsp3) is 0.154. The molecule has 0 amide bonds. The lowest BCUT2D eigenvalue weighted by molar-refractivity contribution is 0.304. The van der Waals surface area contributed by atoms with Crippen molar-refractivity contribution in [2.75, 3.05) is 0 Å². The van der Waals surface area contributed by atoms with E-state index in [4.69, 9.17) is 4.74 Å². The molecule has 0 N–H and O–H groups in total. The highest BCUT2D eigenvalue weighted by Crippen LogP contribution is 2.27. The van der Waals surface area contributed by atoms with Crippen molar-refractivity contribution in [2.45, 2.75) is 26.4 Å². The van der Waals surface area contributed by atoms with Gasteiger partial charge in [0, 0.05) is 16.5 Å². The molecule has 3 aromatic carbocycles. The van der Waals surface area contributed by atoms with Gasteiger partial charge in [-0.05, 0) is 70.4 Å². The van der Waals surface area contributed by atoms with E-state index in [1.165, 1.54) is 4.68 Å². The lowest BCUT2D eigenvalue weighted by atomic mass is 10.1. The third-order valence-corrected chi connectivity index (χ3v) is 6.26. The number of halogens is 2. The van der Waals surface area contributed by atoms with Gasteiger partial charge in [-0.3, -0.25) is 4.79 Å². The molecule has 0 aliphatic carbocycles. The summed E-state index contributed by atoms with van der Waals surface area (Å²) in [5.74, 6) is 1.26. The van der Waals surface area contributed by atoms with Crippen LogP contribution < -0.4 is 10.3 Å². The second-order valence-corrected chi connectivity index (χ2v) is 9.32. The van der Waals surface area contributed by atoms with Crippen LogP contribution in [-0.2, 0) is 13.0 Å². The van der Waals surface area contributed by atoms with Crippen LogP contribution in [0.4, 0.5) is 0 Å². The van der Waals surface area contributed by atoms with Gasteiger partial charge < -0.3 is 4.74 Å². The molecule has 0 saturated heterocycles. The zero-order valence-corrected chi connectivity index (χ0v) is 21.5. The summed E-state index contributed by atoms with van der Waals surface area (Å²) in [4.78, 5) is 17.8. The third kappa shape index (κ3) is 5.27. The van der Waals surface area contributed by atoms with Crippen LogP contribution in [0.1, 0.15) is 35.9 Å². The van der Waals surface area contributed by atoms with Gasteiger partial charge in [-0.1, -0.05) is 41.1 Å². The first-order valence-electron chi connectivity index (χ1n) is 10.7. The van der Waals surface area contributed by atoms with Crippen LogP contribution in [0.5, 0.6) is 5.75 Å². The summed E-state index contributed by atoms with van der Waals surface area (Å²) in [6.45, 7) is 2.32. The van der Waals surface area contributed by atoms with Crippen LogP contribution >= 0.6 is 31.9 Å². The number of nitriles is 1. The lowest BCUT2D eigenvalue weighted by Crippen LogP contribution is -2.22. The number of aromatic nitrogens is 2. The van der Waals surface area contributed by atoms with E-state index in [0.717, 1.165) is 26.5 Å².